The number of nitrogens with one attached hydrogen (secondary N) is 1. The van der Waals surface area contributed by atoms with Crippen molar-refractivity contribution in [2.24, 2.45) is 0 Å². The van der Waals surface area contributed by atoms with Crippen molar-refractivity contribution in [2.45, 2.75) is 38.2 Å². The van der Waals surface area contributed by atoms with E-state index in [-0.39, 0.29) is 17.4 Å². The zero-order valence-electron chi connectivity index (χ0n) is 10.9. The number of rotatable bonds is 2. The summed E-state index contributed by atoms with van der Waals surface area (Å²) in [5, 5.41) is 3.35. The van der Waals surface area contributed by atoms with Gasteiger partial charge in [0.1, 0.15) is 11.4 Å². The molecule has 1 amide bonds. The average Bonchev–Trinajstić information content (AvgIpc) is 2.29. The second-order valence-corrected chi connectivity index (χ2v) is 5.76. The van der Waals surface area contributed by atoms with Crippen molar-refractivity contribution in [3.05, 3.63) is 28.8 Å². The molecule has 1 aliphatic heterocycles. The fraction of sp³-hybridized carbons (Fsp3) is 0.500. The van der Waals surface area contributed by atoms with Crippen LogP contribution in [0.15, 0.2) is 18.2 Å². The molecule has 0 aliphatic carbocycles. The van der Waals surface area contributed by atoms with Crippen LogP contribution in [0.25, 0.3) is 0 Å². The number of benzene rings is 1. The fourth-order valence-electron chi connectivity index (χ4n) is 2.48. The van der Waals surface area contributed by atoms with Crippen LogP contribution in [0.4, 0.5) is 0 Å². The Morgan fingerprint density at radius 3 is 2.94 bits per heavy atom. The summed E-state index contributed by atoms with van der Waals surface area (Å²) in [6.45, 7) is 4.09. The molecular formula is C14H18ClNO2. The lowest BCUT2D eigenvalue weighted by Gasteiger charge is -2.37. The number of carbonyl (C=O) groups excluding carboxylic acids is 1. The highest BCUT2D eigenvalue weighted by atomic mass is 35.5. The standard InChI is InChI=1S/C14H18ClNO2/c1-14(2)8-9(6-13(17)16-3)11-7-10(15)4-5-12(11)18-14/h4-5,7,9H,6,8H2,1-3H3,(H,16,17). The van der Waals surface area contributed by atoms with Crippen LogP contribution in [0.3, 0.4) is 0 Å². The minimum absolute atomic E-state index is 0.0450. The molecule has 0 saturated carbocycles. The minimum atomic E-state index is -0.250. The third-order valence-corrected chi connectivity index (χ3v) is 3.48. The van der Waals surface area contributed by atoms with Gasteiger partial charge in [0.25, 0.3) is 0 Å². The monoisotopic (exact) mass is 267 g/mol. The van der Waals surface area contributed by atoms with E-state index in [0.717, 1.165) is 17.7 Å². The van der Waals surface area contributed by atoms with Crippen LogP contribution in [0.2, 0.25) is 5.02 Å². The Balaban J connectivity index is 2.35. The predicted octanol–water partition coefficient (Wildman–Crippen LogP) is 3.12. The summed E-state index contributed by atoms with van der Waals surface area (Å²) in [6.07, 6.45) is 1.28. The Labute approximate surface area is 112 Å². The summed E-state index contributed by atoms with van der Waals surface area (Å²) >= 11 is 6.03. The summed E-state index contributed by atoms with van der Waals surface area (Å²) in [5.41, 5.74) is 0.782. The minimum Gasteiger partial charge on any atom is -0.488 e. The van der Waals surface area contributed by atoms with Gasteiger partial charge in [-0.25, -0.2) is 0 Å². The van der Waals surface area contributed by atoms with Crippen LogP contribution >= 0.6 is 11.6 Å². The molecule has 1 heterocycles. The third kappa shape index (κ3) is 2.78. The predicted molar refractivity (Wildman–Crippen MR) is 72.2 cm³/mol. The van der Waals surface area contributed by atoms with Crippen molar-refractivity contribution >= 4 is 17.5 Å². The molecule has 3 nitrogen and oxygen atoms in total. The van der Waals surface area contributed by atoms with Gasteiger partial charge in [0, 0.05) is 24.4 Å². The molecule has 1 aromatic rings. The van der Waals surface area contributed by atoms with Crippen molar-refractivity contribution in [1.82, 2.24) is 5.32 Å². The first-order chi connectivity index (χ1) is 8.41. The van der Waals surface area contributed by atoms with Gasteiger partial charge in [0.05, 0.1) is 0 Å². The summed E-state index contributed by atoms with van der Waals surface area (Å²) < 4.78 is 5.93. The number of halogens is 1. The maximum atomic E-state index is 11.6. The Morgan fingerprint density at radius 2 is 2.28 bits per heavy atom. The van der Waals surface area contributed by atoms with Crippen molar-refractivity contribution in [2.75, 3.05) is 7.05 Å². The lowest BCUT2D eigenvalue weighted by molar-refractivity contribution is -0.121. The molecule has 0 fully saturated rings. The summed E-state index contributed by atoms with van der Waals surface area (Å²) in [4.78, 5) is 11.6. The van der Waals surface area contributed by atoms with E-state index >= 15 is 0 Å². The van der Waals surface area contributed by atoms with Crippen LogP contribution in [0.1, 0.15) is 38.2 Å². The van der Waals surface area contributed by atoms with Gasteiger partial charge in [0.2, 0.25) is 5.91 Å². The molecule has 0 radical (unpaired) electrons. The molecule has 1 aliphatic rings. The van der Waals surface area contributed by atoms with E-state index in [1.54, 1.807) is 7.05 Å². The number of amides is 1. The van der Waals surface area contributed by atoms with Crippen LogP contribution in [0.5, 0.6) is 5.75 Å². The number of ether oxygens (including phenoxy) is 1. The molecule has 0 bridgehead atoms. The highest BCUT2D eigenvalue weighted by molar-refractivity contribution is 6.30. The Morgan fingerprint density at radius 1 is 1.56 bits per heavy atom. The van der Waals surface area contributed by atoms with E-state index in [9.17, 15) is 4.79 Å². The van der Waals surface area contributed by atoms with Gasteiger partial charge in [0.15, 0.2) is 0 Å². The normalized spacial score (nSPS) is 20.8. The third-order valence-electron chi connectivity index (χ3n) is 3.25. The SMILES string of the molecule is CNC(=O)CC1CC(C)(C)Oc2ccc(Cl)cc21. The topological polar surface area (TPSA) is 38.3 Å². The molecule has 1 aromatic carbocycles. The second kappa shape index (κ2) is 4.81. The summed E-state index contributed by atoms with van der Waals surface area (Å²) in [6, 6.07) is 5.61. The molecule has 4 heteroatoms. The zero-order valence-corrected chi connectivity index (χ0v) is 11.7. The van der Waals surface area contributed by atoms with Gasteiger partial charge in [-0.3, -0.25) is 4.79 Å². The lowest BCUT2D eigenvalue weighted by atomic mass is 9.82. The van der Waals surface area contributed by atoms with E-state index in [2.05, 4.69) is 5.32 Å². The van der Waals surface area contributed by atoms with Crippen LogP contribution in [-0.2, 0) is 4.79 Å². The average molecular weight is 268 g/mol. The van der Waals surface area contributed by atoms with Crippen molar-refractivity contribution < 1.29 is 9.53 Å². The molecule has 1 atom stereocenters. The molecule has 2 rings (SSSR count). The van der Waals surface area contributed by atoms with Gasteiger partial charge in [-0.1, -0.05) is 11.6 Å². The van der Waals surface area contributed by atoms with E-state index in [4.69, 9.17) is 16.3 Å². The molecular weight excluding hydrogens is 250 g/mol. The van der Waals surface area contributed by atoms with Crippen LogP contribution < -0.4 is 10.1 Å². The molecule has 1 unspecified atom stereocenters. The molecule has 0 spiro atoms. The Kier molecular flexibility index (Phi) is 3.53. The first-order valence-corrected chi connectivity index (χ1v) is 6.48. The van der Waals surface area contributed by atoms with Crippen LogP contribution in [0, 0.1) is 0 Å². The quantitative estimate of drug-likeness (QED) is 0.894. The van der Waals surface area contributed by atoms with Gasteiger partial charge in [-0.15, -0.1) is 0 Å². The second-order valence-electron chi connectivity index (χ2n) is 5.32. The molecule has 0 aromatic heterocycles. The summed E-state index contributed by atoms with van der Waals surface area (Å²) in [7, 11) is 1.66. The Hall–Kier alpha value is -1.22. The van der Waals surface area contributed by atoms with Crippen molar-refractivity contribution in [1.29, 1.82) is 0 Å². The van der Waals surface area contributed by atoms with Crippen molar-refractivity contribution in [3.8, 4) is 5.75 Å². The highest BCUT2D eigenvalue weighted by Crippen LogP contribution is 2.43. The summed E-state index contributed by atoms with van der Waals surface area (Å²) in [5.74, 6) is 1.04. The Bertz CT molecular complexity index is 471. The number of hydrogen-bond donors (Lipinski definition) is 1. The van der Waals surface area contributed by atoms with Crippen molar-refractivity contribution in [3.63, 3.8) is 0 Å². The fourth-order valence-corrected chi connectivity index (χ4v) is 2.66. The van der Waals surface area contributed by atoms with Gasteiger partial charge in [-0.2, -0.15) is 0 Å². The largest absolute Gasteiger partial charge is 0.488 e. The number of hydrogen-bond acceptors (Lipinski definition) is 2. The molecule has 98 valence electrons. The van der Waals surface area contributed by atoms with Gasteiger partial charge >= 0.3 is 0 Å². The molecule has 0 saturated heterocycles. The smallest absolute Gasteiger partial charge is 0.220 e. The zero-order chi connectivity index (χ0) is 13.3. The maximum Gasteiger partial charge on any atom is 0.220 e. The van der Waals surface area contributed by atoms with E-state index in [1.807, 2.05) is 32.0 Å². The first-order valence-electron chi connectivity index (χ1n) is 6.10. The lowest BCUT2D eigenvalue weighted by Crippen LogP contribution is -2.36. The first kappa shape index (κ1) is 13.2. The van der Waals surface area contributed by atoms with E-state index in [0.29, 0.717) is 11.4 Å². The molecule has 18 heavy (non-hydrogen) atoms. The number of fused-ring (bicyclic) bond motifs is 1. The highest BCUT2D eigenvalue weighted by Gasteiger charge is 2.34. The maximum absolute atomic E-state index is 11.6. The van der Waals surface area contributed by atoms with Crippen LogP contribution in [-0.4, -0.2) is 18.6 Å². The molecule has 1 N–H and O–H groups in total. The van der Waals surface area contributed by atoms with Gasteiger partial charge in [-0.05, 0) is 44.0 Å². The number of carbonyl (C=O) groups is 1. The van der Waals surface area contributed by atoms with E-state index < -0.39 is 0 Å². The van der Waals surface area contributed by atoms with E-state index in [1.165, 1.54) is 0 Å². The van der Waals surface area contributed by atoms with Gasteiger partial charge < -0.3 is 10.1 Å².